The molecule has 0 amide bonds. The van der Waals surface area contributed by atoms with Crippen molar-refractivity contribution in [3.8, 4) is 0 Å². The van der Waals surface area contributed by atoms with E-state index in [0.717, 1.165) is 12.8 Å². The normalized spacial score (nSPS) is 16.2. The van der Waals surface area contributed by atoms with Crippen molar-refractivity contribution >= 4 is 8.32 Å². The van der Waals surface area contributed by atoms with E-state index in [2.05, 4.69) is 33.1 Å². The summed E-state index contributed by atoms with van der Waals surface area (Å²) in [6.07, 6.45) is 4.86. The summed E-state index contributed by atoms with van der Waals surface area (Å²) in [5.41, 5.74) is -0.869. The Labute approximate surface area is 114 Å². The average molecular weight is 307 g/mol. The van der Waals surface area contributed by atoms with Gasteiger partial charge in [-0.2, -0.15) is 0 Å². The average Bonchev–Trinajstić information content (AvgIpc) is 2.20. The summed E-state index contributed by atoms with van der Waals surface area (Å²) in [5, 5.41) is 0. The van der Waals surface area contributed by atoms with Crippen molar-refractivity contribution in [3.63, 3.8) is 0 Å². The predicted octanol–water partition coefficient (Wildman–Crippen LogP) is 4.70. The number of halogens is 1. The third kappa shape index (κ3) is 6.56. The Morgan fingerprint density at radius 2 is 2.06 bits per heavy atom. The zero-order valence-electron chi connectivity index (χ0n) is 11.3. The third-order valence-corrected chi connectivity index (χ3v) is 3.67. The van der Waals surface area contributed by atoms with Crippen molar-refractivity contribution in [1.82, 2.24) is 0 Å². The van der Waals surface area contributed by atoms with Gasteiger partial charge in [0.2, 0.25) is 0 Å². The molecule has 4 heteroatoms. The molecule has 0 bridgehead atoms. The first-order valence-electron chi connectivity index (χ1n) is 6.03. The summed E-state index contributed by atoms with van der Waals surface area (Å²) in [5.74, 6) is -0.376. The van der Waals surface area contributed by atoms with Crippen molar-refractivity contribution in [2.45, 2.75) is 57.8 Å². The number of unbranched alkanes of at least 4 members (excludes halogenated alkanes) is 1. The topological polar surface area (TPSA) is 9.23 Å². The monoisotopic (exact) mass is 306 g/mol. The van der Waals surface area contributed by atoms with E-state index in [1.165, 1.54) is 4.97 Å². The molecule has 0 spiro atoms. The second-order valence-electron chi connectivity index (χ2n) is 5.26. The summed E-state index contributed by atoms with van der Waals surface area (Å²) in [6.45, 7) is 11.8. The van der Waals surface area contributed by atoms with Crippen LogP contribution in [0.15, 0.2) is 23.5 Å². The molecular formula is C13H24CuFOSi. The van der Waals surface area contributed by atoms with E-state index in [1.54, 1.807) is 6.08 Å². The van der Waals surface area contributed by atoms with Gasteiger partial charge in [-0.15, -0.1) is 0 Å². The first-order chi connectivity index (χ1) is 7.77. The number of hydrogen-bond donors (Lipinski definition) is 0. The van der Waals surface area contributed by atoms with Gasteiger partial charge in [0, 0.05) is 0 Å². The van der Waals surface area contributed by atoms with Crippen LogP contribution < -0.4 is 0 Å². The molecule has 1 unspecified atom stereocenters. The van der Waals surface area contributed by atoms with Gasteiger partial charge >= 0.3 is 114 Å². The molecule has 0 saturated heterocycles. The van der Waals surface area contributed by atoms with Gasteiger partial charge in [-0.25, -0.2) is 0 Å². The molecule has 0 heterocycles. The van der Waals surface area contributed by atoms with E-state index in [-0.39, 0.29) is 5.83 Å². The maximum absolute atomic E-state index is 13.8. The maximum atomic E-state index is 13.8. The molecule has 0 radical (unpaired) electrons. The Bertz CT molecular complexity index is 273. The molecule has 0 fully saturated rings. The van der Waals surface area contributed by atoms with Crippen LogP contribution in [0.1, 0.15) is 32.6 Å². The Hall–Kier alpha value is 0.106. The Morgan fingerprint density at radius 1 is 1.47 bits per heavy atom. The molecule has 0 N–H and O–H groups in total. The molecular weight excluding hydrogens is 283 g/mol. The molecule has 0 aliphatic heterocycles. The van der Waals surface area contributed by atoms with E-state index in [1.807, 2.05) is 0 Å². The minimum absolute atomic E-state index is 0.376. The zero-order chi connectivity index (χ0) is 13.5. The fraction of sp³-hybridized carbons (Fsp3) is 0.692. The Balaban J connectivity index is 5.01. The van der Waals surface area contributed by atoms with Gasteiger partial charge in [0.05, 0.1) is 0 Å². The Kier molecular flexibility index (Phi) is 7.57. The molecule has 104 valence electrons. The van der Waals surface area contributed by atoms with Crippen molar-refractivity contribution in [3.05, 3.63) is 23.5 Å². The fourth-order valence-corrected chi connectivity index (χ4v) is 3.35. The standard InChI is InChI=1S/C13H24FOSi.Cu/c1-7-9-11-13(10-8-2,12(3)14)15-16(4,5)6;/h2,8H,3,7,9-11H2,1,4-6H3;. The summed E-state index contributed by atoms with van der Waals surface area (Å²) in [6, 6.07) is 0. The number of rotatable bonds is 8. The van der Waals surface area contributed by atoms with Crippen LogP contribution in [0.5, 0.6) is 0 Å². The van der Waals surface area contributed by atoms with Crippen LogP contribution in [0.4, 0.5) is 4.39 Å². The van der Waals surface area contributed by atoms with Crippen molar-refractivity contribution in [1.29, 1.82) is 0 Å². The van der Waals surface area contributed by atoms with E-state index in [9.17, 15) is 4.39 Å². The van der Waals surface area contributed by atoms with Crippen molar-refractivity contribution in [2.24, 2.45) is 0 Å². The van der Waals surface area contributed by atoms with Gasteiger partial charge in [-0.3, -0.25) is 0 Å². The summed E-state index contributed by atoms with van der Waals surface area (Å²) in [7, 11) is -1.83. The molecule has 0 rings (SSSR count). The second-order valence-corrected chi connectivity index (χ2v) is 10.0. The van der Waals surface area contributed by atoms with Gasteiger partial charge < -0.3 is 0 Å². The number of hydrogen-bond acceptors (Lipinski definition) is 1. The van der Waals surface area contributed by atoms with Crippen LogP contribution in [-0.4, -0.2) is 13.9 Å². The van der Waals surface area contributed by atoms with E-state index >= 15 is 0 Å². The molecule has 1 nitrogen and oxygen atoms in total. The second kappa shape index (κ2) is 7.52. The van der Waals surface area contributed by atoms with Crippen LogP contribution in [0.3, 0.4) is 0 Å². The van der Waals surface area contributed by atoms with Crippen LogP contribution in [0, 0.1) is 0 Å². The van der Waals surface area contributed by atoms with Crippen molar-refractivity contribution in [2.75, 3.05) is 0 Å². The molecule has 0 aliphatic carbocycles. The van der Waals surface area contributed by atoms with Gasteiger partial charge in [0.25, 0.3) is 0 Å². The predicted molar refractivity (Wildman–Crippen MR) is 70.7 cm³/mol. The molecule has 1 atom stereocenters. The summed E-state index contributed by atoms with van der Waals surface area (Å²) >= 11 is 4.93. The van der Waals surface area contributed by atoms with E-state index in [4.69, 9.17) is 20.4 Å². The quantitative estimate of drug-likeness (QED) is 0.591. The van der Waals surface area contributed by atoms with Gasteiger partial charge in [-0.05, 0) is 0 Å². The first kappa shape index (κ1) is 17.1. The van der Waals surface area contributed by atoms with E-state index in [0.29, 0.717) is 12.8 Å². The fourth-order valence-electron chi connectivity index (χ4n) is 1.77. The van der Waals surface area contributed by atoms with Crippen molar-refractivity contribution < 1.29 is 24.8 Å². The van der Waals surface area contributed by atoms with Gasteiger partial charge in [0.1, 0.15) is 0 Å². The van der Waals surface area contributed by atoms with Crippen LogP contribution >= 0.6 is 0 Å². The zero-order valence-corrected chi connectivity index (χ0v) is 13.2. The van der Waals surface area contributed by atoms with E-state index < -0.39 is 13.9 Å². The molecule has 0 aromatic heterocycles. The summed E-state index contributed by atoms with van der Waals surface area (Å²) < 4.78 is 19.9. The van der Waals surface area contributed by atoms with Crippen LogP contribution in [0.2, 0.25) is 19.6 Å². The molecule has 0 aromatic carbocycles. The third-order valence-electron chi connectivity index (χ3n) is 2.45. The summed E-state index contributed by atoms with van der Waals surface area (Å²) in [4.78, 5) is 1.50. The Morgan fingerprint density at radius 3 is 2.41 bits per heavy atom. The van der Waals surface area contributed by atoms with Crippen LogP contribution in [0.25, 0.3) is 0 Å². The first-order valence-corrected chi connectivity index (χ1v) is 9.98. The minimum atomic E-state index is -1.83. The van der Waals surface area contributed by atoms with Gasteiger partial charge in [-0.1, -0.05) is 0 Å². The van der Waals surface area contributed by atoms with Crippen LogP contribution in [-0.2, 0) is 20.4 Å². The molecule has 0 saturated carbocycles. The molecule has 17 heavy (non-hydrogen) atoms. The SMILES string of the molecule is C=C(F)C(C/C=[CH]/[Cu])(CCCC)O[Si](C)(C)C. The molecule has 0 aliphatic rings. The van der Waals surface area contributed by atoms with Gasteiger partial charge in [0.15, 0.2) is 0 Å². The molecule has 0 aromatic rings.